The van der Waals surface area contributed by atoms with Crippen molar-refractivity contribution in [3.63, 3.8) is 0 Å². The van der Waals surface area contributed by atoms with Crippen LogP contribution in [0.15, 0.2) is 16.6 Å². The van der Waals surface area contributed by atoms with Crippen LogP contribution in [0.25, 0.3) is 11.3 Å². The lowest BCUT2D eigenvalue weighted by atomic mass is 10.1. The molecule has 0 aliphatic rings. The number of aromatic nitrogens is 2. The number of nitriles is 1. The van der Waals surface area contributed by atoms with Crippen molar-refractivity contribution in [2.45, 2.75) is 6.36 Å². The third-order valence-electron chi connectivity index (χ3n) is 2.78. The molecule has 0 bridgehead atoms. The van der Waals surface area contributed by atoms with Gasteiger partial charge in [-0.25, -0.2) is 4.98 Å². The first-order valence-corrected chi connectivity index (χ1v) is 6.90. The van der Waals surface area contributed by atoms with Crippen LogP contribution in [-0.4, -0.2) is 21.3 Å². The number of halogens is 4. The van der Waals surface area contributed by atoms with Crippen molar-refractivity contribution < 1.29 is 22.8 Å². The lowest BCUT2D eigenvalue weighted by molar-refractivity contribution is -0.388. The summed E-state index contributed by atoms with van der Waals surface area (Å²) in [6, 6.07) is 3.52. The van der Waals surface area contributed by atoms with Crippen molar-refractivity contribution in [1.29, 1.82) is 5.26 Å². The first-order valence-electron chi connectivity index (χ1n) is 6.10. The van der Waals surface area contributed by atoms with Crippen molar-refractivity contribution in [3.8, 4) is 23.1 Å². The van der Waals surface area contributed by atoms with Gasteiger partial charge >= 0.3 is 12.0 Å². The molecule has 2 aromatic rings. The van der Waals surface area contributed by atoms with Gasteiger partial charge in [-0.2, -0.15) is 10.2 Å². The standard InChI is InChI=1S/C12H6BrF3N6O3/c13-6-1-4(8-5(3-17)10(18)21-11(19)20-8)2-7(22(23)24)9(6)25-12(14,15)16/h1-2H,(H4,18,19,20,21). The van der Waals surface area contributed by atoms with Gasteiger partial charge in [0.05, 0.1) is 15.1 Å². The summed E-state index contributed by atoms with van der Waals surface area (Å²) in [5.41, 5.74) is 9.50. The maximum absolute atomic E-state index is 12.5. The second kappa shape index (κ2) is 6.40. The molecule has 130 valence electrons. The second-order valence-corrected chi connectivity index (χ2v) is 5.27. The summed E-state index contributed by atoms with van der Waals surface area (Å²) >= 11 is 2.78. The summed E-state index contributed by atoms with van der Waals surface area (Å²) in [6.07, 6.45) is -5.14. The average Bonchev–Trinajstić information content (AvgIpc) is 2.46. The summed E-state index contributed by atoms with van der Waals surface area (Å²) in [5, 5.41) is 20.3. The topological polar surface area (TPSA) is 154 Å². The third-order valence-corrected chi connectivity index (χ3v) is 3.37. The predicted octanol–water partition coefficient (Wildman–Crippen LogP) is 2.75. The van der Waals surface area contributed by atoms with E-state index in [1.807, 2.05) is 0 Å². The molecule has 13 heteroatoms. The molecule has 0 saturated carbocycles. The number of hydrogen-bond acceptors (Lipinski definition) is 8. The molecule has 1 heterocycles. The van der Waals surface area contributed by atoms with Crippen molar-refractivity contribution in [2.75, 3.05) is 11.5 Å². The molecule has 0 radical (unpaired) electrons. The Hall–Kier alpha value is -3.14. The molecular weight excluding hydrogens is 413 g/mol. The largest absolute Gasteiger partial charge is 0.573 e. The van der Waals surface area contributed by atoms with E-state index in [9.17, 15) is 23.3 Å². The molecule has 25 heavy (non-hydrogen) atoms. The molecule has 1 aromatic heterocycles. The Morgan fingerprint density at radius 3 is 2.48 bits per heavy atom. The monoisotopic (exact) mass is 418 g/mol. The zero-order valence-electron chi connectivity index (χ0n) is 11.8. The molecule has 0 unspecified atom stereocenters. The quantitative estimate of drug-likeness (QED) is 0.569. The smallest absolute Gasteiger partial charge is 0.397 e. The highest BCUT2D eigenvalue weighted by atomic mass is 79.9. The van der Waals surface area contributed by atoms with Crippen LogP contribution in [0, 0.1) is 21.4 Å². The van der Waals surface area contributed by atoms with Gasteiger partial charge in [-0.3, -0.25) is 10.1 Å². The van der Waals surface area contributed by atoms with Crippen molar-refractivity contribution in [2.24, 2.45) is 0 Å². The van der Waals surface area contributed by atoms with E-state index in [-0.39, 0.29) is 33.1 Å². The summed E-state index contributed by atoms with van der Waals surface area (Å²) < 4.78 is 40.7. The van der Waals surface area contributed by atoms with Gasteiger partial charge in [-0.05, 0) is 22.0 Å². The van der Waals surface area contributed by atoms with Crippen LogP contribution in [0.3, 0.4) is 0 Å². The number of nitrogens with zero attached hydrogens (tertiary/aromatic N) is 4. The minimum absolute atomic E-state index is 0.0783. The van der Waals surface area contributed by atoms with E-state index in [1.54, 1.807) is 6.07 Å². The van der Waals surface area contributed by atoms with Gasteiger partial charge in [0, 0.05) is 11.6 Å². The van der Waals surface area contributed by atoms with Gasteiger partial charge in [-0.1, -0.05) is 0 Å². The highest BCUT2D eigenvalue weighted by Gasteiger charge is 2.36. The average molecular weight is 419 g/mol. The van der Waals surface area contributed by atoms with E-state index in [0.717, 1.165) is 12.1 Å². The summed E-state index contributed by atoms with van der Waals surface area (Å²) in [5.74, 6) is -1.64. The van der Waals surface area contributed by atoms with Crippen molar-refractivity contribution in [3.05, 3.63) is 32.3 Å². The van der Waals surface area contributed by atoms with Crippen LogP contribution < -0.4 is 16.2 Å². The van der Waals surface area contributed by atoms with Gasteiger partial charge in [-0.15, -0.1) is 13.2 Å². The van der Waals surface area contributed by atoms with E-state index < -0.39 is 22.7 Å². The van der Waals surface area contributed by atoms with Crippen LogP contribution in [0.4, 0.5) is 30.6 Å². The Morgan fingerprint density at radius 1 is 1.32 bits per heavy atom. The molecule has 0 spiro atoms. The van der Waals surface area contributed by atoms with Gasteiger partial charge in [0.2, 0.25) is 11.7 Å². The van der Waals surface area contributed by atoms with E-state index in [2.05, 4.69) is 30.6 Å². The minimum atomic E-state index is -5.14. The summed E-state index contributed by atoms with van der Waals surface area (Å²) in [6.45, 7) is 0. The first kappa shape index (κ1) is 18.2. The molecule has 0 atom stereocenters. The minimum Gasteiger partial charge on any atom is -0.397 e. The van der Waals surface area contributed by atoms with Gasteiger partial charge < -0.3 is 16.2 Å². The number of alkyl halides is 3. The van der Waals surface area contributed by atoms with Gasteiger partial charge in [0.1, 0.15) is 17.5 Å². The Kier molecular flexibility index (Phi) is 4.66. The van der Waals surface area contributed by atoms with Crippen molar-refractivity contribution >= 4 is 33.4 Å². The number of ether oxygens (including phenoxy) is 1. The van der Waals surface area contributed by atoms with E-state index >= 15 is 0 Å². The van der Waals surface area contributed by atoms with Gasteiger partial charge in [0.25, 0.3) is 0 Å². The molecule has 4 N–H and O–H groups in total. The van der Waals surface area contributed by atoms with E-state index in [1.165, 1.54) is 0 Å². The fraction of sp³-hybridized carbons (Fsp3) is 0.0833. The molecule has 0 saturated heterocycles. The fourth-order valence-corrected chi connectivity index (χ4v) is 2.41. The maximum atomic E-state index is 12.5. The predicted molar refractivity (Wildman–Crippen MR) is 82.0 cm³/mol. The van der Waals surface area contributed by atoms with Crippen molar-refractivity contribution in [1.82, 2.24) is 9.97 Å². The molecule has 0 fully saturated rings. The fourth-order valence-electron chi connectivity index (χ4n) is 1.88. The van der Waals surface area contributed by atoms with E-state index in [4.69, 9.17) is 16.7 Å². The SMILES string of the molecule is N#Cc1c(N)nc(N)nc1-c1cc(Br)c(OC(F)(F)F)c([N+](=O)[O-])c1. The third kappa shape index (κ3) is 3.86. The molecule has 0 amide bonds. The maximum Gasteiger partial charge on any atom is 0.573 e. The van der Waals surface area contributed by atoms with Gasteiger partial charge in [0.15, 0.2) is 0 Å². The van der Waals surface area contributed by atoms with Crippen LogP contribution in [0.2, 0.25) is 0 Å². The van der Waals surface area contributed by atoms with Crippen LogP contribution in [-0.2, 0) is 0 Å². The highest BCUT2D eigenvalue weighted by Crippen LogP contribution is 2.42. The summed E-state index contributed by atoms with van der Waals surface area (Å²) in [4.78, 5) is 17.4. The molecule has 0 aliphatic carbocycles. The number of rotatable bonds is 3. The Morgan fingerprint density at radius 2 is 1.96 bits per heavy atom. The number of nitrogen functional groups attached to an aromatic ring is 2. The summed E-state index contributed by atoms with van der Waals surface area (Å²) in [7, 11) is 0. The zero-order valence-corrected chi connectivity index (χ0v) is 13.4. The molecule has 2 rings (SSSR count). The number of hydrogen-bond donors (Lipinski definition) is 2. The number of nitro groups is 1. The Balaban J connectivity index is 2.75. The first-order chi connectivity index (χ1) is 11.5. The zero-order chi connectivity index (χ0) is 18.9. The molecule has 1 aromatic carbocycles. The Labute approximate surface area is 145 Å². The van der Waals surface area contributed by atoms with Crippen LogP contribution in [0.1, 0.15) is 5.56 Å². The molecular formula is C12H6BrF3N6O3. The van der Waals surface area contributed by atoms with E-state index in [0.29, 0.717) is 0 Å². The van der Waals surface area contributed by atoms with Crippen LogP contribution >= 0.6 is 15.9 Å². The molecule has 9 nitrogen and oxygen atoms in total. The normalized spacial score (nSPS) is 11.0. The Bertz CT molecular complexity index is 912. The number of benzene rings is 1. The number of nitrogens with two attached hydrogens (primary N) is 2. The lowest BCUT2D eigenvalue weighted by Crippen LogP contribution is -2.18. The highest BCUT2D eigenvalue weighted by molar-refractivity contribution is 9.10. The van der Waals surface area contributed by atoms with Crippen LogP contribution in [0.5, 0.6) is 5.75 Å². The number of nitro benzene ring substituents is 1. The lowest BCUT2D eigenvalue weighted by Gasteiger charge is -2.13. The number of anilines is 2. The molecule has 0 aliphatic heterocycles. The second-order valence-electron chi connectivity index (χ2n) is 4.41.